The highest BCUT2D eigenvalue weighted by atomic mass is 32.2. The summed E-state index contributed by atoms with van der Waals surface area (Å²) in [6.45, 7) is 1.90. The molecule has 21 heavy (non-hydrogen) atoms. The van der Waals surface area contributed by atoms with E-state index in [9.17, 15) is 19.5 Å². The molecule has 0 spiro atoms. The number of nitrogens with zero attached hydrogens (tertiary/aromatic N) is 1. The fourth-order valence-corrected chi connectivity index (χ4v) is 2.94. The Morgan fingerprint density at radius 1 is 1.43 bits per heavy atom. The van der Waals surface area contributed by atoms with Gasteiger partial charge in [0.2, 0.25) is 5.91 Å². The Morgan fingerprint density at radius 2 is 2.14 bits per heavy atom. The van der Waals surface area contributed by atoms with Crippen LogP contribution in [0.15, 0.2) is 18.2 Å². The topological polar surface area (TPSA) is 94.9 Å². The van der Waals surface area contributed by atoms with Gasteiger partial charge in [0.1, 0.15) is 5.75 Å². The molecule has 2 N–H and O–H groups in total. The van der Waals surface area contributed by atoms with Crippen molar-refractivity contribution in [1.82, 2.24) is 0 Å². The quantitative estimate of drug-likeness (QED) is 0.879. The second kappa shape index (κ2) is 6.17. The van der Waals surface area contributed by atoms with Crippen molar-refractivity contribution in [2.45, 2.75) is 13.3 Å². The number of hydrogen-bond donors (Lipinski definition) is 2. The minimum atomic E-state index is -1.14. The van der Waals surface area contributed by atoms with Gasteiger partial charge in [-0.15, -0.1) is 0 Å². The summed E-state index contributed by atoms with van der Waals surface area (Å²) in [5, 5.41) is 18.8. The zero-order valence-electron chi connectivity index (χ0n) is 11.4. The molecule has 1 aromatic carbocycles. The third kappa shape index (κ3) is 3.55. The average molecular weight is 309 g/mol. The zero-order valence-corrected chi connectivity index (χ0v) is 12.2. The lowest BCUT2D eigenvalue weighted by Crippen LogP contribution is -2.25. The highest BCUT2D eigenvalue weighted by molar-refractivity contribution is 8.13. The van der Waals surface area contributed by atoms with Crippen molar-refractivity contribution in [3.8, 4) is 5.75 Å². The van der Waals surface area contributed by atoms with E-state index in [1.54, 1.807) is 0 Å². The molecule has 0 aliphatic carbocycles. The highest BCUT2D eigenvalue weighted by Gasteiger charge is 2.32. The number of amides is 1. The Bertz CT molecular complexity index is 601. The molecule has 1 saturated heterocycles. The standard InChI is InChI=1S/C14H15NO5S/c1-8(16)21-7-9-4-13(18)15(6-9)11-3-2-10(14(19)20)5-12(11)17/h2-3,5,9,17H,4,6-7H2,1H3,(H,19,20). The van der Waals surface area contributed by atoms with Crippen LogP contribution in [0.25, 0.3) is 0 Å². The summed E-state index contributed by atoms with van der Waals surface area (Å²) in [5.74, 6) is -0.901. The molecule has 1 aliphatic rings. The van der Waals surface area contributed by atoms with Crippen molar-refractivity contribution in [2.75, 3.05) is 17.2 Å². The summed E-state index contributed by atoms with van der Waals surface area (Å²) in [4.78, 5) is 35.2. The summed E-state index contributed by atoms with van der Waals surface area (Å²) in [7, 11) is 0. The fraction of sp³-hybridized carbons (Fsp3) is 0.357. The molecule has 2 rings (SSSR count). The van der Waals surface area contributed by atoms with E-state index in [1.807, 2.05) is 0 Å². The molecule has 1 atom stereocenters. The Morgan fingerprint density at radius 3 is 2.71 bits per heavy atom. The van der Waals surface area contributed by atoms with Gasteiger partial charge in [-0.1, -0.05) is 11.8 Å². The first-order valence-corrected chi connectivity index (χ1v) is 7.37. The first-order chi connectivity index (χ1) is 9.88. The van der Waals surface area contributed by atoms with E-state index in [0.717, 1.165) is 6.07 Å². The lowest BCUT2D eigenvalue weighted by atomic mass is 10.1. The van der Waals surface area contributed by atoms with Gasteiger partial charge in [-0.25, -0.2) is 4.79 Å². The Hall–Kier alpha value is -2.02. The molecule has 1 fully saturated rings. The first-order valence-electron chi connectivity index (χ1n) is 6.38. The number of aromatic carboxylic acids is 1. The van der Waals surface area contributed by atoms with Crippen LogP contribution < -0.4 is 4.90 Å². The highest BCUT2D eigenvalue weighted by Crippen LogP contribution is 2.34. The van der Waals surface area contributed by atoms with Crippen molar-refractivity contribution in [3.05, 3.63) is 23.8 Å². The monoisotopic (exact) mass is 309 g/mol. The summed E-state index contributed by atoms with van der Waals surface area (Å²) in [6, 6.07) is 3.90. The van der Waals surface area contributed by atoms with Gasteiger partial charge in [-0.2, -0.15) is 0 Å². The number of aromatic hydroxyl groups is 1. The smallest absolute Gasteiger partial charge is 0.335 e. The number of benzene rings is 1. The van der Waals surface area contributed by atoms with E-state index >= 15 is 0 Å². The summed E-state index contributed by atoms with van der Waals surface area (Å²) in [5.41, 5.74) is 0.270. The molecule has 1 aliphatic heterocycles. The Labute approximate surface area is 125 Å². The minimum Gasteiger partial charge on any atom is -0.506 e. The van der Waals surface area contributed by atoms with Crippen LogP contribution >= 0.6 is 11.8 Å². The maximum Gasteiger partial charge on any atom is 0.335 e. The van der Waals surface area contributed by atoms with Crippen LogP contribution in [-0.4, -0.2) is 39.5 Å². The molecule has 1 unspecified atom stereocenters. The molecule has 6 nitrogen and oxygen atoms in total. The number of phenols is 1. The number of rotatable bonds is 4. The van der Waals surface area contributed by atoms with Crippen LogP contribution in [0.2, 0.25) is 0 Å². The number of anilines is 1. The second-order valence-corrected chi connectivity index (χ2v) is 6.08. The third-order valence-electron chi connectivity index (χ3n) is 3.24. The number of carbonyl (C=O) groups excluding carboxylic acids is 2. The van der Waals surface area contributed by atoms with Crippen molar-refractivity contribution >= 4 is 34.4 Å². The van der Waals surface area contributed by atoms with Crippen LogP contribution in [0.5, 0.6) is 5.75 Å². The number of carboxylic acids is 1. The normalized spacial score (nSPS) is 18.0. The molecule has 0 aromatic heterocycles. The first kappa shape index (κ1) is 15.4. The molecule has 1 amide bonds. The van der Waals surface area contributed by atoms with Crippen LogP contribution in [0.1, 0.15) is 23.7 Å². The van der Waals surface area contributed by atoms with Gasteiger partial charge >= 0.3 is 5.97 Å². The van der Waals surface area contributed by atoms with Crippen LogP contribution in [-0.2, 0) is 9.59 Å². The van der Waals surface area contributed by atoms with Gasteiger partial charge in [-0.3, -0.25) is 9.59 Å². The Balaban J connectivity index is 2.13. The van der Waals surface area contributed by atoms with E-state index < -0.39 is 5.97 Å². The fourth-order valence-electron chi connectivity index (χ4n) is 2.25. The number of carbonyl (C=O) groups is 3. The van der Waals surface area contributed by atoms with E-state index in [2.05, 4.69) is 0 Å². The van der Waals surface area contributed by atoms with Crippen molar-refractivity contribution in [3.63, 3.8) is 0 Å². The zero-order chi connectivity index (χ0) is 15.6. The molecule has 7 heteroatoms. The van der Waals surface area contributed by atoms with Crippen molar-refractivity contribution in [2.24, 2.45) is 5.92 Å². The minimum absolute atomic E-state index is 0.00885. The lowest BCUT2D eigenvalue weighted by Gasteiger charge is -2.18. The SMILES string of the molecule is CC(=O)SCC1CC(=O)N(c2ccc(C(=O)O)cc2O)C1. The summed E-state index contributed by atoms with van der Waals surface area (Å²) >= 11 is 1.18. The van der Waals surface area contributed by atoms with Gasteiger partial charge in [0.25, 0.3) is 0 Å². The molecule has 0 bridgehead atoms. The lowest BCUT2D eigenvalue weighted by molar-refractivity contribution is -0.117. The molecule has 0 saturated carbocycles. The molecule has 1 aromatic rings. The van der Waals surface area contributed by atoms with E-state index in [0.29, 0.717) is 24.4 Å². The van der Waals surface area contributed by atoms with Crippen LogP contribution in [0.4, 0.5) is 5.69 Å². The van der Waals surface area contributed by atoms with Crippen molar-refractivity contribution < 1.29 is 24.6 Å². The number of hydrogen-bond acceptors (Lipinski definition) is 5. The second-order valence-electron chi connectivity index (χ2n) is 4.89. The summed E-state index contributed by atoms with van der Waals surface area (Å²) in [6.07, 6.45) is 0.320. The van der Waals surface area contributed by atoms with Gasteiger partial charge in [0.05, 0.1) is 11.3 Å². The maximum absolute atomic E-state index is 12.0. The average Bonchev–Trinajstić information content (AvgIpc) is 2.77. The van der Waals surface area contributed by atoms with Crippen molar-refractivity contribution in [1.29, 1.82) is 0 Å². The predicted molar refractivity (Wildman–Crippen MR) is 78.7 cm³/mol. The molecular formula is C14H15NO5S. The molecular weight excluding hydrogens is 294 g/mol. The largest absolute Gasteiger partial charge is 0.506 e. The molecule has 112 valence electrons. The molecule has 0 radical (unpaired) electrons. The van der Waals surface area contributed by atoms with Crippen LogP contribution in [0, 0.1) is 5.92 Å². The Kier molecular flexibility index (Phi) is 4.52. The van der Waals surface area contributed by atoms with E-state index in [-0.39, 0.29) is 28.3 Å². The van der Waals surface area contributed by atoms with Crippen LogP contribution in [0.3, 0.4) is 0 Å². The van der Waals surface area contributed by atoms with E-state index in [4.69, 9.17) is 5.11 Å². The predicted octanol–water partition coefficient (Wildman–Crippen LogP) is 1.72. The third-order valence-corrected chi connectivity index (χ3v) is 4.29. The van der Waals surface area contributed by atoms with Gasteiger partial charge in [0.15, 0.2) is 5.12 Å². The van der Waals surface area contributed by atoms with E-state index in [1.165, 1.54) is 35.7 Å². The van der Waals surface area contributed by atoms with Gasteiger partial charge in [-0.05, 0) is 24.1 Å². The number of phenolic OH excluding ortho intramolecular Hbond substituents is 1. The number of carboxylic acid groups (broad SMARTS) is 1. The molecule has 1 heterocycles. The van der Waals surface area contributed by atoms with Gasteiger partial charge in [0, 0.05) is 25.6 Å². The number of thioether (sulfide) groups is 1. The van der Waals surface area contributed by atoms with Gasteiger partial charge < -0.3 is 15.1 Å². The summed E-state index contributed by atoms with van der Waals surface area (Å²) < 4.78 is 0. The maximum atomic E-state index is 12.0.